The average Bonchev–Trinajstić information content (AvgIpc) is 2.03. The highest BCUT2D eigenvalue weighted by Gasteiger charge is 1.91. The molecule has 4 heteroatoms. The molecule has 0 aromatic carbocycles. The number of hydrogen-bond acceptors (Lipinski definition) is 2. The molecule has 1 rings (SSSR count). The number of nitrogens with zero attached hydrogens (tertiary/aromatic N) is 2. The van der Waals surface area contributed by atoms with Crippen molar-refractivity contribution in [1.29, 1.82) is 0 Å². The quantitative estimate of drug-likeness (QED) is 0.708. The van der Waals surface area contributed by atoms with Crippen molar-refractivity contribution in [1.82, 2.24) is 9.55 Å². The molecule has 0 radical (unpaired) electrons. The first-order chi connectivity index (χ1) is 5.34. The van der Waals surface area contributed by atoms with Crippen LogP contribution in [0.2, 0.25) is 0 Å². The topological polar surface area (TPSA) is 34.9 Å². The second-order valence-electron chi connectivity index (χ2n) is 2.15. The summed E-state index contributed by atoms with van der Waals surface area (Å²) >= 11 is 3.30. The van der Waals surface area contributed by atoms with Crippen molar-refractivity contribution in [2.75, 3.05) is 5.33 Å². The lowest BCUT2D eigenvalue weighted by Crippen LogP contribution is -2.18. The minimum atomic E-state index is 0.0148. The van der Waals surface area contributed by atoms with Crippen molar-refractivity contribution in [3.8, 4) is 0 Å². The fourth-order valence-electron chi connectivity index (χ4n) is 0.776. The molecule has 1 aromatic heterocycles. The van der Waals surface area contributed by atoms with Gasteiger partial charge in [0.2, 0.25) is 0 Å². The van der Waals surface area contributed by atoms with Crippen molar-refractivity contribution >= 4 is 15.9 Å². The van der Waals surface area contributed by atoms with Crippen LogP contribution in [0.3, 0.4) is 0 Å². The summed E-state index contributed by atoms with van der Waals surface area (Å²) in [5.41, 5.74) is 0.0148. The van der Waals surface area contributed by atoms with Crippen LogP contribution < -0.4 is 5.56 Å². The van der Waals surface area contributed by atoms with Gasteiger partial charge >= 0.3 is 0 Å². The monoisotopic (exact) mass is 216 g/mol. The lowest BCUT2D eigenvalue weighted by Gasteiger charge is -2.00. The Hall–Kier alpha value is -0.640. The number of aromatic nitrogens is 2. The molecule has 11 heavy (non-hydrogen) atoms. The van der Waals surface area contributed by atoms with Crippen molar-refractivity contribution in [2.45, 2.75) is 13.0 Å². The molecule has 0 N–H and O–H groups in total. The van der Waals surface area contributed by atoms with Crippen molar-refractivity contribution in [3.63, 3.8) is 0 Å². The number of aryl methyl sites for hydroxylation is 1. The van der Waals surface area contributed by atoms with Gasteiger partial charge in [0.15, 0.2) is 0 Å². The van der Waals surface area contributed by atoms with Gasteiger partial charge in [-0.3, -0.25) is 9.36 Å². The fraction of sp³-hybridized carbons (Fsp3) is 0.429. The van der Waals surface area contributed by atoms with Gasteiger partial charge in [-0.1, -0.05) is 15.9 Å². The van der Waals surface area contributed by atoms with Crippen LogP contribution in [0.15, 0.2) is 23.4 Å². The number of hydrogen-bond donors (Lipinski definition) is 0. The van der Waals surface area contributed by atoms with E-state index in [0.717, 1.165) is 18.3 Å². The SMILES string of the molecule is O=c1ccncn1CCCBr. The van der Waals surface area contributed by atoms with E-state index < -0.39 is 0 Å². The summed E-state index contributed by atoms with van der Waals surface area (Å²) in [6, 6.07) is 1.47. The highest BCUT2D eigenvalue weighted by Crippen LogP contribution is 1.89. The van der Waals surface area contributed by atoms with Crippen molar-refractivity contribution < 1.29 is 0 Å². The number of rotatable bonds is 3. The zero-order chi connectivity index (χ0) is 8.10. The largest absolute Gasteiger partial charge is 0.299 e. The normalized spacial score (nSPS) is 9.91. The fourth-order valence-corrected chi connectivity index (χ4v) is 1.03. The smallest absolute Gasteiger partial charge is 0.253 e. The molecule has 0 aliphatic rings. The molecular weight excluding hydrogens is 208 g/mol. The van der Waals surface area contributed by atoms with E-state index in [1.165, 1.54) is 12.3 Å². The zero-order valence-electron chi connectivity index (χ0n) is 6.03. The van der Waals surface area contributed by atoms with E-state index in [1.54, 1.807) is 10.9 Å². The van der Waals surface area contributed by atoms with E-state index in [9.17, 15) is 4.79 Å². The van der Waals surface area contributed by atoms with Crippen molar-refractivity contribution in [3.05, 3.63) is 28.9 Å². The summed E-state index contributed by atoms with van der Waals surface area (Å²) < 4.78 is 1.60. The summed E-state index contributed by atoms with van der Waals surface area (Å²) in [5, 5.41) is 0.911. The van der Waals surface area contributed by atoms with Crippen LogP contribution in [0.5, 0.6) is 0 Å². The van der Waals surface area contributed by atoms with Gasteiger partial charge in [-0.15, -0.1) is 0 Å². The Morgan fingerprint density at radius 1 is 1.64 bits per heavy atom. The second-order valence-corrected chi connectivity index (χ2v) is 2.95. The third-order valence-electron chi connectivity index (χ3n) is 1.32. The average molecular weight is 217 g/mol. The summed E-state index contributed by atoms with van der Waals surface area (Å²) in [5.74, 6) is 0. The minimum absolute atomic E-state index is 0.0148. The van der Waals surface area contributed by atoms with Gasteiger partial charge in [0.05, 0.1) is 6.33 Å². The van der Waals surface area contributed by atoms with E-state index in [-0.39, 0.29) is 5.56 Å². The third-order valence-corrected chi connectivity index (χ3v) is 1.89. The highest BCUT2D eigenvalue weighted by molar-refractivity contribution is 9.09. The Morgan fingerprint density at radius 3 is 3.09 bits per heavy atom. The lowest BCUT2D eigenvalue weighted by molar-refractivity contribution is 0.646. The first-order valence-corrected chi connectivity index (χ1v) is 4.53. The Bertz CT molecular complexity index is 271. The molecule has 60 valence electrons. The van der Waals surface area contributed by atoms with Crippen LogP contribution in [-0.4, -0.2) is 14.9 Å². The third kappa shape index (κ3) is 2.46. The molecule has 0 amide bonds. The Kier molecular flexibility index (Phi) is 3.29. The summed E-state index contributed by atoms with van der Waals surface area (Å²) in [7, 11) is 0. The molecule has 0 saturated carbocycles. The van der Waals surface area contributed by atoms with Crippen LogP contribution in [0, 0.1) is 0 Å². The molecule has 3 nitrogen and oxygen atoms in total. The first kappa shape index (κ1) is 8.46. The maximum Gasteiger partial charge on any atom is 0.253 e. The van der Waals surface area contributed by atoms with Crippen LogP contribution >= 0.6 is 15.9 Å². The number of alkyl halides is 1. The van der Waals surface area contributed by atoms with Gasteiger partial charge in [-0.2, -0.15) is 0 Å². The van der Waals surface area contributed by atoms with Gasteiger partial charge in [0.1, 0.15) is 0 Å². The van der Waals surface area contributed by atoms with Gasteiger partial charge < -0.3 is 0 Å². The standard InChI is InChI=1S/C7H9BrN2O/c8-3-1-5-10-6-9-4-2-7(10)11/h2,4,6H,1,3,5H2. The van der Waals surface area contributed by atoms with E-state index in [1.807, 2.05) is 0 Å². The highest BCUT2D eigenvalue weighted by atomic mass is 79.9. The maximum absolute atomic E-state index is 11.0. The van der Waals surface area contributed by atoms with Crippen molar-refractivity contribution in [2.24, 2.45) is 0 Å². The molecule has 0 unspecified atom stereocenters. The molecule has 0 aliphatic heterocycles. The Morgan fingerprint density at radius 2 is 2.45 bits per heavy atom. The molecule has 0 fully saturated rings. The summed E-state index contributed by atoms with van der Waals surface area (Å²) in [4.78, 5) is 14.9. The predicted molar refractivity (Wildman–Crippen MR) is 46.9 cm³/mol. The molecular formula is C7H9BrN2O. The molecule has 0 spiro atoms. The molecule has 0 atom stereocenters. The molecule has 1 aromatic rings. The van der Waals surface area contributed by atoms with E-state index >= 15 is 0 Å². The summed E-state index contributed by atoms with van der Waals surface area (Å²) in [6.45, 7) is 0.734. The van der Waals surface area contributed by atoms with Gasteiger partial charge in [0.25, 0.3) is 5.56 Å². The molecule has 0 bridgehead atoms. The zero-order valence-corrected chi connectivity index (χ0v) is 7.62. The van der Waals surface area contributed by atoms with E-state index in [2.05, 4.69) is 20.9 Å². The van der Waals surface area contributed by atoms with E-state index in [4.69, 9.17) is 0 Å². The molecule has 0 aliphatic carbocycles. The van der Waals surface area contributed by atoms with Crippen LogP contribution in [0.1, 0.15) is 6.42 Å². The maximum atomic E-state index is 11.0. The number of halogens is 1. The predicted octanol–water partition coefficient (Wildman–Crippen LogP) is 1.03. The molecule has 1 heterocycles. The summed E-state index contributed by atoms with van der Waals surface area (Å²) in [6.07, 6.45) is 4.02. The van der Waals surface area contributed by atoms with Gasteiger partial charge in [0, 0.05) is 24.1 Å². The van der Waals surface area contributed by atoms with Gasteiger partial charge in [-0.05, 0) is 6.42 Å². The second kappa shape index (κ2) is 4.28. The molecule has 0 saturated heterocycles. The van der Waals surface area contributed by atoms with Crippen LogP contribution in [0.25, 0.3) is 0 Å². The minimum Gasteiger partial charge on any atom is -0.299 e. The van der Waals surface area contributed by atoms with Gasteiger partial charge in [-0.25, -0.2) is 4.98 Å². The van der Waals surface area contributed by atoms with E-state index in [0.29, 0.717) is 0 Å². The lowest BCUT2D eigenvalue weighted by atomic mass is 10.5. The Labute approximate surface area is 73.2 Å². The first-order valence-electron chi connectivity index (χ1n) is 3.41. The van der Waals surface area contributed by atoms with Crippen LogP contribution in [0.4, 0.5) is 0 Å². The van der Waals surface area contributed by atoms with Crippen LogP contribution in [-0.2, 0) is 6.54 Å². The Balaban J connectivity index is 2.70.